The van der Waals surface area contributed by atoms with Gasteiger partial charge in [0.1, 0.15) is 0 Å². The summed E-state index contributed by atoms with van der Waals surface area (Å²) in [4.78, 5) is 21.1. The molecule has 2 N–H and O–H groups in total. The van der Waals surface area contributed by atoms with Crippen LogP contribution in [-0.2, 0) is 0 Å². The Kier molecular flexibility index (Phi) is 3.68. The monoisotopic (exact) mass is 244 g/mol. The third-order valence-electron chi connectivity index (χ3n) is 1.78. The van der Waals surface area contributed by atoms with Gasteiger partial charge in [-0.3, -0.25) is 14.9 Å². The Morgan fingerprint density at radius 2 is 2.25 bits per heavy atom. The third-order valence-corrected chi connectivity index (χ3v) is 2.00. The molecule has 0 fully saturated rings. The molecule has 0 aromatic heterocycles. The van der Waals surface area contributed by atoms with E-state index >= 15 is 0 Å². The van der Waals surface area contributed by atoms with Gasteiger partial charge in [-0.05, 0) is 13.0 Å². The fraction of sp³-hybridized carbons (Fsp3) is 0.222. The molecule has 1 rings (SSSR count). The molecule has 1 aromatic carbocycles. The summed E-state index contributed by atoms with van der Waals surface area (Å²) in [5.74, 6) is -0.974. The first-order valence-electron chi connectivity index (χ1n) is 4.38. The average Bonchev–Trinajstić information content (AvgIpc) is 2.19. The predicted octanol–water partition coefficient (Wildman–Crippen LogP) is 1.75. The predicted molar refractivity (Wildman–Crippen MR) is 57.8 cm³/mol. The van der Waals surface area contributed by atoms with E-state index in [1.807, 2.05) is 0 Å². The highest BCUT2D eigenvalue weighted by Gasteiger charge is 2.23. The number of hydrogen-bond donors (Lipinski definition) is 1. The molecule has 0 aliphatic rings. The van der Waals surface area contributed by atoms with E-state index in [-0.39, 0.29) is 28.6 Å². The number of carbonyl (C=O) groups excluding carboxylic acids is 1. The molecule has 0 spiro atoms. The normalized spacial score (nSPS) is 9.88. The molecule has 16 heavy (non-hydrogen) atoms. The number of nitrogens with two attached hydrogens (primary N) is 1. The van der Waals surface area contributed by atoms with Crippen molar-refractivity contribution in [2.24, 2.45) is 5.73 Å². The van der Waals surface area contributed by atoms with Gasteiger partial charge in [0.15, 0.2) is 0 Å². The van der Waals surface area contributed by atoms with E-state index in [0.717, 1.165) is 6.07 Å². The lowest BCUT2D eigenvalue weighted by atomic mass is 10.1. The van der Waals surface area contributed by atoms with E-state index in [2.05, 4.69) is 0 Å². The van der Waals surface area contributed by atoms with E-state index in [4.69, 9.17) is 22.1 Å². The Morgan fingerprint density at radius 1 is 1.62 bits per heavy atom. The van der Waals surface area contributed by atoms with E-state index in [9.17, 15) is 14.9 Å². The number of primary amides is 1. The molecule has 1 amide bonds. The summed E-state index contributed by atoms with van der Waals surface area (Å²) < 4.78 is 5.04. The fourth-order valence-corrected chi connectivity index (χ4v) is 1.41. The molecule has 0 unspecified atom stereocenters. The number of nitro benzene ring substituents is 1. The van der Waals surface area contributed by atoms with Crippen LogP contribution >= 0.6 is 11.6 Å². The number of amides is 1. The molecule has 0 saturated heterocycles. The van der Waals surface area contributed by atoms with Crippen molar-refractivity contribution < 1.29 is 14.5 Å². The third kappa shape index (κ3) is 2.40. The van der Waals surface area contributed by atoms with Gasteiger partial charge in [0.05, 0.1) is 17.1 Å². The molecule has 7 heteroatoms. The van der Waals surface area contributed by atoms with Crippen molar-refractivity contribution in [3.8, 4) is 5.75 Å². The van der Waals surface area contributed by atoms with Crippen LogP contribution in [0.25, 0.3) is 0 Å². The number of rotatable bonds is 4. The number of halogens is 1. The van der Waals surface area contributed by atoms with Crippen LogP contribution in [-0.4, -0.2) is 17.4 Å². The Hall–Kier alpha value is -1.82. The second kappa shape index (κ2) is 4.80. The van der Waals surface area contributed by atoms with Gasteiger partial charge in [0, 0.05) is 11.1 Å². The minimum Gasteiger partial charge on any atom is -0.487 e. The van der Waals surface area contributed by atoms with Crippen molar-refractivity contribution in [1.29, 1.82) is 0 Å². The van der Waals surface area contributed by atoms with Gasteiger partial charge < -0.3 is 10.5 Å². The van der Waals surface area contributed by atoms with Gasteiger partial charge in [-0.25, -0.2) is 0 Å². The van der Waals surface area contributed by atoms with Crippen LogP contribution in [0.2, 0.25) is 5.02 Å². The molecule has 0 atom stereocenters. The van der Waals surface area contributed by atoms with E-state index < -0.39 is 10.8 Å². The first kappa shape index (κ1) is 12.3. The van der Waals surface area contributed by atoms with Crippen molar-refractivity contribution in [3.05, 3.63) is 32.8 Å². The van der Waals surface area contributed by atoms with Crippen molar-refractivity contribution >= 4 is 23.2 Å². The Balaban J connectivity index is 3.47. The quantitative estimate of drug-likeness (QED) is 0.645. The molecule has 0 saturated carbocycles. The minimum absolute atomic E-state index is 0.0592. The highest BCUT2D eigenvalue weighted by molar-refractivity contribution is 6.31. The topological polar surface area (TPSA) is 95.5 Å². The molecule has 0 aliphatic heterocycles. The second-order valence-corrected chi connectivity index (χ2v) is 3.29. The van der Waals surface area contributed by atoms with Gasteiger partial charge in [-0.2, -0.15) is 0 Å². The largest absolute Gasteiger partial charge is 0.487 e. The standard InChI is InChI=1S/C9H9ClN2O4/c1-2-16-8-6(9(11)13)3-5(10)4-7(8)12(14)15/h3-4H,2H2,1H3,(H2,11,13). The molecule has 0 radical (unpaired) electrons. The summed E-state index contributed by atoms with van der Waals surface area (Å²) in [5, 5.41) is 10.8. The molecule has 0 heterocycles. The summed E-state index contributed by atoms with van der Waals surface area (Å²) in [6.07, 6.45) is 0. The van der Waals surface area contributed by atoms with Crippen LogP contribution in [0.15, 0.2) is 12.1 Å². The van der Waals surface area contributed by atoms with Crippen LogP contribution in [0, 0.1) is 10.1 Å². The van der Waals surface area contributed by atoms with E-state index in [0.29, 0.717) is 0 Å². The lowest BCUT2D eigenvalue weighted by Crippen LogP contribution is -2.14. The van der Waals surface area contributed by atoms with Crippen LogP contribution in [0.4, 0.5) is 5.69 Å². The molecule has 86 valence electrons. The van der Waals surface area contributed by atoms with Crippen molar-refractivity contribution in [3.63, 3.8) is 0 Å². The molecule has 1 aromatic rings. The van der Waals surface area contributed by atoms with E-state index in [1.54, 1.807) is 6.92 Å². The van der Waals surface area contributed by atoms with Crippen molar-refractivity contribution in [2.75, 3.05) is 6.61 Å². The van der Waals surface area contributed by atoms with Gasteiger partial charge in [0.2, 0.25) is 5.75 Å². The van der Waals surface area contributed by atoms with Crippen LogP contribution in [0.3, 0.4) is 0 Å². The minimum atomic E-state index is -0.825. The number of carbonyl (C=O) groups is 1. The summed E-state index contributed by atoms with van der Waals surface area (Å²) in [6, 6.07) is 2.35. The first-order valence-corrected chi connectivity index (χ1v) is 4.75. The van der Waals surface area contributed by atoms with Gasteiger partial charge >= 0.3 is 5.69 Å². The molecular formula is C9H9ClN2O4. The number of nitro groups is 1. The lowest BCUT2D eigenvalue weighted by Gasteiger charge is -2.08. The smallest absolute Gasteiger partial charge is 0.313 e. The zero-order valence-corrected chi connectivity index (χ0v) is 9.15. The summed E-state index contributed by atoms with van der Waals surface area (Å²) in [7, 11) is 0. The first-order chi connectivity index (χ1) is 7.47. The van der Waals surface area contributed by atoms with Crippen LogP contribution in [0.5, 0.6) is 5.75 Å². The number of benzene rings is 1. The molecule has 0 aliphatic carbocycles. The van der Waals surface area contributed by atoms with Crippen LogP contribution in [0.1, 0.15) is 17.3 Å². The van der Waals surface area contributed by atoms with E-state index in [1.165, 1.54) is 6.07 Å². The maximum atomic E-state index is 11.1. The van der Waals surface area contributed by atoms with Crippen LogP contribution < -0.4 is 10.5 Å². The Labute approximate surface area is 96.1 Å². The number of ether oxygens (including phenoxy) is 1. The SMILES string of the molecule is CCOc1c(C(N)=O)cc(Cl)cc1[N+](=O)[O-]. The Bertz CT molecular complexity index is 412. The number of nitrogens with zero attached hydrogens (tertiary/aromatic N) is 1. The van der Waals surface area contributed by atoms with Gasteiger partial charge in [-0.15, -0.1) is 0 Å². The Morgan fingerprint density at radius 3 is 2.69 bits per heavy atom. The summed E-state index contributed by atoms with van der Waals surface area (Å²) in [6.45, 7) is 1.83. The molecular weight excluding hydrogens is 236 g/mol. The summed E-state index contributed by atoms with van der Waals surface area (Å²) in [5.41, 5.74) is 4.61. The zero-order chi connectivity index (χ0) is 12.3. The van der Waals surface area contributed by atoms with Crippen molar-refractivity contribution in [2.45, 2.75) is 6.92 Å². The maximum Gasteiger partial charge on any atom is 0.313 e. The maximum absolute atomic E-state index is 11.1. The number of hydrogen-bond acceptors (Lipinski definition) is 4. The fourth-order valence-electron chi connectivity index (χ4n) is 1.19. The van der Waals surface area contributed by atoms with Crippen molar-refractivity contribution in [1.82, 2.24) is 0 Å². The zero-order valence-electron chi connectivity index (χ0n) is 8.40. The average molecular weight is 245 g/mol. The van der Waals surface area contributed by atoms with Gasteiger partial charge in [-0.1, -0.05) is 11.6 Å². The highest BCUT2D eigenvalue weighted by Crippen LogP contribution is 2.34. The van der Waals surface area contributed by atoms with Gasteiger partial charge in [0.25, 0.3) is 5.91 Å². The lowest BCUT2D eigenvalue weighted by molar-refractivity contribution is -0.385. The second-order valence-electron chi connectivity index (χ2n) is 2.86. The summed E-state index contributed by atoms with van der Waals surface area (Å²) >= 11 is 5.64. The molecule has 0 bridgehead atoms. The highest BCUT2D eigenvalue weighted by atomic mass is 35.5. The molecule has 6 nitrogen and oxygen atoms in total.